The van der Waals surface area contributed by atoms with Crippen molar-refractivity contribution in [1.29, 1.82) is 0 Å². The smallest absolute Gasteiger partial charge is 0.246 e. The van der Waals surface area contributed by atoms with Gasteiger partial charge in [-0.15, -0.1) is 11.3 Å². The fraction of sp³-hybridized carbons (Fsp3) is 0.500. The minimum absolute atomic E-state index is 0.0176. The first-order valence-corrected chi connectivity index (χ1v) is 29.2. The van der Waals surface area contributed by atoms with Crippen LogP contribution in [0.3, 0.4) is 0 Å². The molecule has 0 radical (unpaired) electrons. The Balaban J connectivity index is 0.689. The van der Waals surface area contributed by atoms with Crippen LogP contribution in [-0.4, -0.2) is 170 Å². The fourth-order valence-electron chi connectivity index (χ4n) is 10.3. The van der Waals surface area contributed by atoms with Gasteiger partial charge < -0.3 is 59.8 Å². The van der Waals surface area contributed by atoms with Gasteiger partial charge in [-0.1, -0.05) is 80.9 Å². The van der Waals surface area contributed by atoms with E-state index in [0.29, 0.717) is 68.8 Å². The van der Waals surface area contributed by atoms with Gasteiger partial charge in [0, 0.05) is 50.1 Å². The first kappa shape index (κ1) is 61.0. The van der Waals surface area contributed by atoms with Gasteiger partial charge in [-0.05, 0) is 104 Å². The Morgan fingerprint density at radius 1 is 0.889 bits per heavy atom. The highest BCUT2D eigenvalue weighted by molar-refractivity contribution is 7.13. The molecule has 0 spiro atoms. The van der Waals surface area contributed by atoms with Crippen molar-refractivity contribution in [3.8, 4) is 27.3 Å². The number of phenols is 1. The number of likely N-dealkylation sites (tertiary alicyclic amines) is 1. The van der Waals surface area contributed by atoms with Gasteiger partial charge in [0.2, 0.25) is 23.7 Å². The lowest BCUT2D eigenvalue weighted by Crippen LogP contribution is -2.58. The number of phenolic OH excluding ortho intramolecular Hbond substituents is 1. The summed E-state index contributed by atoms with van der Waals surface area (Å²) in [4.78, 5) is 61.5. The molecular formula is C60H77ClFN9O9S. The fourth-order valence-corrected chi connectivity index (χ4v) is 11.4. The summed E-state index contributed by atoms with van der Waals surface area (Å²) in [5, 5.41) is 32.7. The summed E-state index contributed by atoms with van der Waals surface area (Å²) >= 11 is 8.45. The van der Waals surface area contributed by atoms with E-state index in [1.807, 2.05) is 95.7 Å². The Kier molecular flexibility index (Phi) is 21.6. The number of amides is 3. The van der Waals surface area contributed by atoms with Crippen molar-refractivity contribution in [2.45, 2.75) is 91.0 Å². The number of nitrogens with zero attached hydrogens (tertiary/aromatic N) is 6. The highest BCUT2D eigenvalue weighted by Crippen LogP contribution is 2.43. The molecule has 2 saturated heterocycles. The lowest BCUT2D eigenvalue weighted by Gasteiger charge is -2.35. The van der Waals surface area contributed by atoms with E-state index in [1.165, 1.54) is 4.90 Å². The molecule has 4 aromatic carbocycles. The largest absolute Gasteiger partial charge is 0.508 e. The van der Waals surface area contributed by atoms with Gasteiger partial charge in [0.15, 0.2) is 5.82 Å². The number of benzene rings is 4. The van der Waals surface area contributed by atoms with Crippen LogP contribution in [0.15, 0.2) is 72.2 Å². The third-order valence-electron chi connectivity index (χ3n) is 14.7. The maximum atomic E-state index is 16.8. The molecule has 2 aliphatic rings. The molecule has 8 rings (SSSR count). The molecule has 0 unspecified atom stereocenters. The Morgan fingerprint density at radius 3 is 2.27 bits per heavy atom. The van der Waals surface area contributed by atoms with Crippen molar-refractivity contribution in [2.75, 3.05) is 109 Å². The van der Waals surface area contributed by atoms with Crippen LogP contribution in [0.4, 0.5) is 16.2 Å². The number of aliphatic hydroxyl groups is 1. The Bertz CT molecular complexity index is 3090. The predicted molar refractivity (Wildman–Crippen MR) is 315 cm³/mol. The molecule has 3 amide bonds. The molecule has 436 valence electrons. The van der Waals surface area contributed by atoms with E-state index in [4.69, 9.17) is 40.5 Å². The molecule has 4 heterocycles. The molecule has 4 atom stereocenters. The number of nitrogens with one attached hydrogen (secondary N) is 3. The summed E-state index contributed by atoms with van der Waals surface area (Å²) in [6.45, 7) is 15.1. The number of likely N-dealkylation sites (N-methyl/N-ethyl adjacent to an activating group) is 1. The minimum Gasteiger partial charge on any atom is -0.508 e. The van der Waals surface area contributed by atoms with E-state index in [2.05, 4.69) is 30.7 Å². The van der Waals surface area contributed by atoms with Gasteiger partial charge in [0.1, 0.15) is 35.8 Å². The third kappa shape index (κ3) is 16.1. The SMILES string of the molecule is Cc1ncsc1-c1ccc([C@H](C)NC(=O)[C@@H]2C[C@@H](O)CN2C(=O)[C@@H](NC(=O)COCCOCCOCCOCCN(C)CCCNc2nc(N3CCCCC3)c3cc(Cl)c(-c4cc(O)cc5ccccc45)c(F)c3n2)C(C)(C)C)cc1. The van der Waals surface area contributed by atoms with E-state index < -0.39 is 41.2 Å². The molecule has 2 aromatic heterocycles. The van der Waals surface area contributed by atoms with Gasteiger partial charge in [-0.3, -0.25) is 14.4 Å². The second kappa shape index (κ2) is 28.7. The second-order valence-electron chi connectivity index (χ2n) is 21.9. The number of hydrogen-bond donors (Lipinski definition) is 5. The normalized spacial score (nSPS) is 16.6. The van der Waals surface area contributed by atoms with Crippen molar-refractivity contribution in [1.82, 2.24) is 35.4 Å². The van der Waals surface area contributed by atoms with Crippen LogP contribution in [0, 0.1) is 18.2 Å². The quantitative estimate of drug-likeness (QED) is 0.0306. The number of piperidine rings is 1. The first-order chi connectivity index (χ1) is 39.0. The van der Waals surface area contributed by atoms with Crippen LogP contribution >= 0.6 is 22.9 Å². The summed E-state index contributed by atoms with van der Waals surface area (Å²) in [5.41, 5.74) is 4.84. The van der Waals surface area contributed by atoms with Crippen molar-refractivity contribution < 1.29 is 47.9 Å². The van der Waals surface area contributed by atoms with E-state index in [0.717, 1.165) is 77.8 Å². The van der Waals surface area contributed by atoms with E-state index in [9.17, 15) is 24.6 Å². The van der Waals surface area contributed by atoms with E-state index in [-0.39, 0.29) is 66.6 Å². The number of anilines is 2. The van der Waals surface area contributed by atoms with Crippen LogP contribution in [0.25, 0.3) is 43.2 Å². The van der Waals surface area contributed by atoms with E-state index in [1.54, 1.807) is 29.5 Å². The number of aromatic hydroxyl groups is 1. The Hall–Kier alpha value is -6.10. The zero-order valence-corrected chi connectivity index (χ0v) is 48.8. The number of carbonyl (C=O) groups excluding carboxylic acids is 3. The number of fused-ring (bicyclic) bond motifs is 2. The molecule has 5 N–H and O–H groups in total. The van der Waals surface area contributed by atoms with Crippen LogP contribution in [0.1, 0.15) is 77.1 Å². The monoisotopic (exact) mass is 1150 g/mol. The van der Waals surface area contributed by atoms with Crippen molar-refractivity contribution in [3.05, 3.63) is 94.3 Å². The second-order valence-corrected chi connectivity index (χ2v) is 23.2. The van der Waals surface area contributed by atoms with Gasteiger partial charge in [0.05, 0.1) is 79.5 Å². The topological polar surface area (TPSA) is 213 Å². The van der Waals surface area contributed by atoms with Crippen molar-refractivity contribution in [2.24, 2.45) is 5.41 Å². The first-order valence-electron chi connectivity index (χ1n) is 28.0. The molecule has 0 bridgehead atoms. The lowest BCUT2D eigenvalue weighted by molar-refractivity contribution is -0.144. The van der Waals surface area contributed by atoms with Gasteiger partial charge in [0.25, 0.3) is 0 Å². The van der Waals surface area contributed by atoms with Crippen molar-refractivity contribution in [3.63, 3.8) is 0 Å². The molecular weight excluding hydrogens is 1080 g/mol. The molecule has 18 nitrogen and oxygen atoms in total. The lowest BCUT2D eigenvalue weighted by atomic mass is 9.85. The maximum Gasteiger partial charge on any atom is 0.246 e. The number of halogens is 2. The highest BCUT2D eigenvalue weighted by atomic mass is 35.5. The molecule has 0 saturated carbocycles. The van der Waals surface area contributed by atoms with E-state index >= 15 is 4.39 Å². The minimum atomic E-state index is -0.980. The number of carbonyl (C=O) groups is 3. The summed E-state index contributed by atoms with van der Waals surface area (Å²) in [7, 11) is 2.03. The number of hydrogen-bond acceptors (Lipinski definition) is 16. The average Bonchev–Trinajstić information content (AvgIpc) is 4.14. The van der Waals surface area contributed by atoms with Gasteiger partial charge in [-0.2, -0.15) is 4.98 Å². The molecule has 81 heavy (non-hydrogen) atoms. The number of β-amino-alcohol motifs (C(OH)–C–C–N with tert-alkyl or cyclic N) is 1. The standard InChI is InChI=1S/C60H77ClFN9O9S/c1-38(40-15-17-41(18-16-40)54-39(2)64-37-81-54)65-57(75)49-33-44(73)35-71(49)58(76)55(60(3,4)5)66-50(74)36-80-30-29-79-28-27-78-26-25-77-24-23-69(6)20-12-19-63-59-67-53-47(56(68-59)70-21-10-7-11-22-70)34-48(61)51(52(53)62)46-32-43(72)31-42-13-8-9-14-45(42)46/h8-9,13-18,31-32,34,37-38,44,49,55,72-73H,7,10-12,19-30,33,35-36H2,1-6H3,(H,65,75)(H,66,74)(H,63,67,68)/t38-,44+,49-,55+/m0/s1. The number of aliphatic hydroxyl groups excluding tert-OH is 1. The number of rotatable bonds is 27. The summed E-state index contributed by atoms with van der Waals surface area (Å²) in [6, 6.07) is 18.1. The average molecular weight is 1150 g/mol. The Labute approximate surface area is 482 Å². The van der Waals surface area contributed by atoms with Crippen LogP contribution in [0.5, 0.6) is 5.75 Å². The molecule has 2 aliphatic heterocycles. The molecule has 2 fully saturated rings. The van der Waals surface area contributed by atoms with Crippen LogP contribution in [-0.2, 0) is 33.3 Å². The Morgan fingerprint density at radius 2 is 1.58 bits per heavy atom. The number of aryl methyl sites for hydroxylation is 1. The number of thiazole rings is 1. The third-order valence-corrected chi connectivity index (χ3v) is 15.9. The summed E-state index contributed by atoms with van der Waals surface area (Å²) in [6.07, 6.45) is 3.13. The number of ether oxygens (including phenoxy) is 4. The van der Waals surface area contributed by atoms with Gasteiger partial charge >= 0.3 is 0 Å². The zero-order chi connectivity index (χ0) is 57.6. The molecule has 0 aliphatic carbocycles. The van der Waals surface area contributed by atoms with Crippen molar-refractivity contribution >= 4 is 74.1 Å². The summed E-state index contributed by atoms with van der Waals surface area (Å²) in [5.74, 6) is -0.867. The maximum absolute atomic E-state index is 16.8. The summed E-state index contributed by atoms with van der Waals surface area (Å²) < 4.78 is 39.5. The zero-order valence-electron chi connectivity index (χ0n) is 47.3. The highest BCUT2D eigenvalue weighted by Gasteiger charge is 2.45. The predicted octanol–water partition coefficient (Wildman–Crippen LogP) is 8.54. The number of aromatic nitrogens is 3. The molecule has 6 aromatic rings. The van der Waals surface area contributed by atoms with Crippen LogP contribution in [0.2, 0.25) is 5.02 Å². The van der Waals surface area contributed by atoms with Gasteiger partial charge in [-0.25, -0.2) is 14.4 Å². The molecule has 21 heteroatoms. The van der Waals surface area contributed by atoms with Crippen LogP contribution < -0.4 is 20.9 Å².